The Morgan fingerprint density at radius 1 is 1.12 bits per heavy atom. The molecule has 7 heteroatoms. The number of piperazine rings is 1. The first-order chi connectivity index (χ1) is 12.5. The van der Waals surface area contributed by atoms with E-state index in [1.54, 1.807) is 7.11 Å². The van der Waals surface area contributed by atoms with Crippen LogP contribution in [0.2, 0.25) is 0 Å². The standard InChI is InChI=1S/C19H25N5O2/c1-14-4-6-16(7-5-14)22-17-12-18(21-15(2)20-17)23-8-10-24(11-9-23)19(25)13-26-3/h4-7,12H,8-11,13H2,1-3H3,(H,20,21,22). The van der Waals surface area contributed by atoms with Gasteiger partial charge in [-0.2, -0.15) is 0 Å². The van der Waals surface area contributed by atoms with Crippen molar-refractivity contribution in [2.45, 2.75) is 13.8 Å². The third kappa shape index (κ3) is 4.49. The number of nitrogens with zero attached hydrogens (tertiary/aromatic N) is 4. The van der Waals surface area contributed by atoms with Crippen LogP contribution in [0.15, 0.2) is 30.3 Å². The molecule has 1 aliphatic heterocycles. The van der Waals surface area contributed by atoms with Gasteiger partial charge < -0.3 is 19.9 Å². The molecule has 0 bridgehead atoms. The number of benzene rings is 1. The van der Waals surface area contributed by atoms with E-state index in [0.717, 1.165) is 36.2 Å². The average Bonchev–Trinajstić information content (AvgIpc) is 2.63. The number of hydrogen-bond donors (Lipinski definition) is 1. The van der Waals surface area contributed by atoms with E-state index in [1.807, 2.05) is 30.0 Å². The highest BCUT2D eigenvalue weighted by Crippen LogP contribution is 2.21. The number of carbonyl (C=O) groups is 1. The minimum absolute atomic E-state index is 0.0349. The first-order valence-corrected chi connectivity index (χ1v) is 8.76. The predicted molar refractivity (Wildman–Crippen MR) is 102 cm³/mol. The molecule has 1 aromatic carbocycles. The van der Waals surface area contributed by atoms with E-state index >= 15 is 0 Å². The Bertz CT molecular complexity index is 755. The molecule has 0 spiro atoms. The molecule has 0 atom stereocenters. The zero-order chi connectivity index (χ0) is 18.5. The van der Waals surface area contributed by atoms with Crippen LogP contribution in [-0.2, 0) is 9.53 Å². The normalized spacial score (nSPS) is 14.4. The number of anilines is 3. The monoisotopic (exact) mass is 355 g/mol. The van der Waals surface area contributed by atoms with Crippen LogP contribution in [0, 0.1) is 13.8 Å². The molecular formula is C19H25N5O2. The zero-order valence-electron chi connectivity index (χ0n) is 15.5. The molecule has 1 amide bonds. The molecule has 2 heterocycles. The van der Waals surface area contributed by atoms with Crippen LogP contribution < -0.4 is 10.2 Å². The highest BCUT2D eigenvalue weighted by Gasteiger charge is 2.22. The number of nitrogens with one attached hydrogen (secondary N) is 1. The van der Waals surface area contributed by atoms with Gasteiger partial charge in [-0.3, -0.25) is 4.79 Å². The number of rotatable bonds is 5. The number of methoxy groups -OCH3 is 1. The topological polar surface area (TPSA) is 70.6 Å². The summed E-state index contributed by atoms with van der Waals surface area (Å²) in [5, 5.41) is 3.34. The summed E-state index contributed by atoms with van der Waals surface area (Å²) in [7, 11) is 1.54. The zero-order valence-corrected chi connectivity index (χ0v) is 15.5. The van der Waals surface area contributed by atoms with Crippen molar-refractivity contribution in [3.63, 3.8) is 0 Å². The van der Waals surface area contributed by atoms with Crippen LogP contribution in [0.4, 0.5) is 17.3 Å². The summed E-state index contributed by atoms with van der Waals surface area (Å²) in [5.74, 6) is 2.41. The number of aromatic nitrogens is 2. The third-order valence-electron chi connectivity index (χ3n) is 4.37. The molecule has 0 saturated carbocycles. The van der Waals surface area contributed by atoms with Crippen LogP contribution in [0.5, 0.6) is 0 Å². The van der Waals surface area contributed by atoms with Gasteiger partial charge in [0.1, 0.15) is 24.1 Å². The lowest BCUT2D eigenvalue weighted by Gasteiger charge is -2.35. The molecule has 0 radical (unpaired) electrons. The lowest BCUT2D eigenvalue weighted by atomic mass is 10.2. The molecule has 3 rings (SSSR count). The Kier molecular flexibility index (Phi) is 5.68. The van der Waals surface area contributed by atoms with Gasteiger partial charge in [-0.25, -0.2) is 9.97 Å². The van der Waals surface area contributed by atoms with Gasteiger partial charge >= 0.3 is 0 Å². The minimum Gasteiger partial charge on any atom is -0.375 e. The second-order valence-corrected chi connectivity index (χ2v) is 6.45. The van der Waals surface area contributed by atoms with Crippen molar-refractivity contribution in [1.29, 1.82) is 0 Å². The highest BCUT2D eigenvalue weighted by atomic mass is 16.5. The van der Waals surface area contributed by atoms with Gasteiger partial charge in [-0.1, -0.05) is 17.7 Å². The summed E-state index contributed by atoms with van der Waals surface area (Å²) >= 11 is 0. The molecule has 1 N–H and O–H groups in total. The maximum atomic E-state index is 11.9. The van der Waals surface area contributed by atoms with Gasteiger partial charge in [0.15, 0.2) is 0 Å². The lowest BCUT2D eigenvalue weighted by molar-refractivity contribution is -0.135. The maximum Gasteiger partial charge on any atom is 0.248 e. The fourth-order valence-corrected chi connectivity index (χ4v) is 2.96. The predicted octanol–water partition coefficient (Wildman–Crippen LogP) is 2.13. The van der Waals surface area contributed by atoms with E-state index in [9.17, 15) is 4.79 Å². The molecule has 1 saturated heterocycles. The largest absolute Gasteiger partial charge is 0.375 e. The maximum absolute atomic E-state index is 11.9. The quantitative estimate of drug-likeness (QED) is 0.886. The summed E-state index contributed by atoms with van der Waals surface area (Å²) in [6.45, 7) is 6.93. The molecule has 0 unspecified atom stereocenters. The summed E-state index contributed by atoms with van der Waals surface area (Å²) in [5.41, 5.74) is 2.21. The first kappa shape index (κ1) is 18.1. The third-order valence-corrected chi connectivity index (χ3v) is 4.37. The number of amides is 1. The van der Waals surface area contributed by atoms with Crippen molar-refractivity contribution >= 4 is 23.2 Å². The van der Waals surface area contributed by atoms with Gasteiger partial charge in [-0.15, -0.1) is 0 Å². The molecular weight excluding hydrogens is 330 g/mol. The van der Waals surface area contributed by atoms with Crippen LogP contribution in [0.1, 0.15) is 11.4 Å². The van der Waals surface area contributed by atoms with Gasteiger partial charge in [0.25, 0.3) is 0 Å². The molecule has 138 valence electrons. The Balaban J connectivity index is 1.68. The molecule has 2 aromatic rings. The Morgan fingerprint density at radius 3 is 2.46 bits per heavy atom. The summed E-state index contributed by atoms with van der Waals surface area (Å²) in [6.07, 6.45) is 0. The molecule has 7 nitrogen and oxygen atoms in total. The molecule has 1 fully saturated rings. The van der Waals surface area contributed by atoms with Gasteiger partial charge in [-0.05, 0) is 26.0 Å². The van der Waals surface area contributed by atoms with Gasteiger partial charge in [0, 0.05) is 45.0 Å². The van der Waals surface area contributed by atoms with E-state index in [1.165, 1.54) is 5.56 Å². The van der Waals surface area contributed by atoms with Crippen LogP contribution in [0.25, 0.3) is 0 Å². The smallest absolute Gasteiger partial charge is 0.248 e. The highest BCUT2D eigenvalue weighted by molar-refractivity contribution is 5.77. The fraction of sp³-hybridized carbons (Fsp3) is 0.421. The Hall–Kier alpha value is -2.67. The van der Waals surface area contributed by atoms with Gasteiger partial charge in [0.05, 0.1) is 0 Å². The summed E-state index contributed by atoms with van der Waals surface area (Å²) in [4.78, 5) is 25.0. The molecule has 1 aromatic heterocycles. The molecule has 1 aliphatic rings. The average molecular weight is 355 g/mol. The lowest BCUT2D eigenvalue weighted by Crippen LogP contribution is -2.50. The summed E-state index contributed by atoms with van der Waals surface area (Å²) < 4.78 is 4.93. The van der Waals surface area contributed by atoms with Crippen molar-refractivity contribution < 1.29 is 9.53 Å². The molecule has 26 heavy (non-hydrogen) atoms. The van der Waals surface area contributed by atoms with Crippen LogP contribution in [0.3, 0.4) is 0 Å². The van der Waals surface area contributed by atoms with Crippen molar-refractivity contribution in [3.05, 3.63) is 41.7 Å². The second kappa shape index (κ2) is 8.14. The van der Waals surface area contributed by atoms with Gasteiger partial charge in [0.2, 0.25) is 5.91 Å². The van der Waals surface area contributed by atoms with Crippen LogP contribution in [-0.4, -0.2) is 60.7 Å². The van der Waals surface area contributed by atoms with E-state index in [0.29, 0.717) is 13.1 Å². The number of hydrogen-bond acceptors (Lipinski definition) is 6. The van der Waals surface area contributed by atoms with E-state index in [-0.39, 0.29) is 12.5 Å². The van der Waals surface area contributed by atoms with Crippen molar-refractivity contribution in [2.24, 2.45) is 0 Å². The first-order valence-electron chi connectivity index (χ1n) is 8.76. The van der Waals surface area contributed by atoms with Crippen molar-refractivity contribution in [2.75, 3.05) is 50.1 Å². The minimum atomic E-state index is 0.0349. The Labute approximate surface area is 154 Å². The van der Waals surface area contributed by atoms with E-state index in [4.69, 9.17) is 4.74 Å². The second-order valence-electron chi connectivity index (χ2n) is 6.45. The number of ether oxygens (including phenoxy) is 1. The fourth-order valence-electron chi connectivity index (χ4n) is 2.96. The number of aryl methyl sites for hydroxylation is 2. The SMILES string of the molecule is COCC(=O)N1CCN(c2cc(Nc3ccc(C)cc3)nc(C)n2)CC1. The van der Waals surface area contributed by atoms with Crippen molar-refractivity contribution in [3.8, 4) is 0 Å². The molecule has 0 aliphatic carbocycles. The number of carbonyl (C=O) groups excluding carboxylic acids is 1. The van der Waals surface area contributed by atoms with E-state index < -0.39 is 0 Å². The summed E-state index contributed by atoms with van der Waals surface area (Å²) in [6, 6.07) is 10.2. The van der Waals surface area contributed by atoms with E-state index in [2.05, 4.69) is 39.2 Å². The Morgan fingerprint density at radius 2 is 1.81 bits per heavy atom. The van der Waals surface area contributed by atoms with Crippen LogP contribution >= 0.6 is 0 Å². The van der Waals surface area contributed by atoms with Crippen molar-refractivity contribution in [1.82, 2.24) is 14.9 Å².